The number of carboxylic acid groups (broad SMARTS) is 1. The van der Waals surface area contributed by atoms with E-state index in [0.717, 1.165) is 31.4 Å². The molecule has 5 nitrogen and oxygen atoms in total. The lowest BCUT2D eigenvalue weighted by atomic mass is 9.67. The Bertz CT molecular complexity index is 856. The summed E-state index contributed by atoms with van der Waals surface area (Å²) < 4.78 is 6.59. The molecule has 1 amide bonds. The van der Waals surface area contributed by atoms with E-state index in [1.165, 1.54) is 25.7 Å². The van der Waals surface area contributed by atoms with E-state index in [9.17, 15) is 9.59 Å². The zero-order valence-electron chi connectivity index (χ0n) is 23.4. The molecular weight excluding hydrogens is 450 g/mol. The lowest BCUT2D eigenvalue weighted by molar-refractivity contribution is -0.136. The second kappa shape index (κ2) is 13.9. The third kappa shape index (κ3) is 10.4. The summed E-state index contributed by atoms with van der Waals surface area (Å²) in [5.41, 5.74) is 1.13. The molecule has 0 radical (unpaired) electrons. The van der Waals surface area contributed by atoms with Crippen molar-refractivity contribution in [2.75, 3.05) is 6.54 Å². The van der Waals surface area contributed by atoms with Crippen molar-refractivity contribution >= 4 is 11.9 Å². The molecule has 3 unspecified atom stereocenters. The van der Waals surface area contributed by atoms with Gasteiger partial charge in [-0.15, -0.1) is 0 Å². The van der Waals surface area contributed by atoms with Gasteiger partial charge in [0.15, 0.2) is 0 Å². The number of hydrogen-bond acceptors (Lipinski definition) is 3. The van der Waals surface area contributed by atoms with Gasteiger partial charge in [0, 0.05) is 18.0 Å². The van der Waals surface area contributed by atoms with Gasteiger partial charge in [-0.3, -0.25) is 9.59 Å². The van der Waals surface area contributed by atoms with Crippen molar-refractivity contribution in [1.82, 2.24) is 5.32 Å². The quantitative estimate of drug-likeness (QED) is 0.245. The van der Waals surface area contributed by atoms with Crippen LogP contribution in [0.25, 0.3) is 0 Å². The van der Waals surface area contributed by atoms with Gasteiger partial charge in [0.05, 0.1) is 6.42 Å². The van der Waals surface area contributed by atoms with Crippen molar-refractivity contribution in [3.63, 3.8) is 0 Å². The number of hydrogen-bond donors (Lipinski definition) is 2. The molecule has 0 aromatic rings. The third-order valence-electron chi connectivity index (χ3n) is 7.18. The van der Waals surface area contributed by atoms with Crippen molar-refractivity contribution in [3.05, 3.63) is 47.8 Å². The first-order valence-corrected chi connectivity index (χ1v) is 13.8. The summed E-state index contributed by atoms with van der Waals surface area (Å²) >= 11 is 0. The molecule has 2 rings (SSSR count). The van der Waals surface area contributed by atoms with E-state index in [0.29, 0.717) is 16.9 Å². The first-order valence-electron chi connectivity index (χ1n) is 13.8. The molecule has 0 fully saturated rings. The highest BCUT2D eigenvalue weighted by Crippen LogP contribution is 2.43. The first kappa shape index (κ1) is 29.9. The van der Waals surface area contributed by atoms with E-state index in [2.05, 4.69) is 71.2 Å². The van der Waals surface area contributed by atoms with Gasteiger partial charge in [-0.25, -0.2) is 0 Å². The molecule has 0 saturated heterocycles. The third-order valence-corrected chi connectivity index (χ3v) is 7.18. The van der Waals surface area contributed by atoms with Crippen molar-refractivity contribution < 1.29 is 19.4 Å². The second-order valence-corrected chi connectivity index (χ2v) is 12.4. The fourth-order valence-corrected chi connectivity index (χ4v) is 5.54. The molecule has 5 heteroatoms. The van der Waals surface area contributed by atoms with Crippen molar-refractivity contribution in [2.24, 2.45) is 22.7 Å². The summed E-state index contributed by atoms with van der Waals surface area (Å²) in [6.45, 7) is 14.0. The molecule has 0 saturated carbocycles. The Morgan fingerprint density at radius 1 is 1.06 bits per heavy atom. The summed E-state index contributed by atoms with van der Waals surface area (Å²) in [7, 11) is 0. The van der Waals surface area contributed by atoms with Gasteiger partial charge in [0.25, 0.3) is 5.91 Å². The number of ether oxygens (including phenoxy) is 1. The molecule has 202 valence electrons. The molecule has 0 aromatic heterocycles. The maximum atomic E-state index is 12.3. The van der Waals surface area contributed by atoms with Crippen molar-refractivity contribution in [2.45, 2.75) is 105 Å². The second-order valence-electron chi connectivity index (χ2n) is 12.4. The molecule has 3 atom stereocenters. The predicted molar refractivity (Wildman–Crippen MR) is 147 cm³/mol. The van der Waals surface area contributed by atoms with Gasteiger partial charge >= 0.3 is 5.97 Å². The maximum absolute atomic E-state index is 12.3. The molecule has 0 aliphatic heterocycles. The van der Waals surface area contributed by atoms with E-state index in [-0.39, 0.29) is 36.3 Å². The van der Waals surface area contributed by atoms with Crippen LogP contribution >= 0.6 is 0 Å². The molecule has 0 spiro atoms. The molecule has 2 N–H and O–H groups in total. The molecule has 2 aliphatic carbocycles. The Hall–Kier alpha value is -2.30. The number of amides is 1. The minimum atomic E-state index is -0.915. The number of carbonyl (C=O) groups is 2. The largest absolute Gasteiger partial charge is 0.490 e. The fraction of sp³-hybridized carbons (Fsp3) is 0.677. The van der Waals surface area contributed by atoms with Gasteiger partial charge in [0.1, 0.15) is 11.9 Å². The zero-order chi connectivity index (χ0) is 26.8. The van der Waals surface area contributed by atoms with Crippen LogP contribution in [0.1, 0.15) is 99.3 Å². The van der Waals surface area contributed by atoms with Crippen molar-refractivity contribution in [1.29, 1.82) is 0 Å². The number of allylic oxidation sites excluding steroid dienone is 4. The molecule has 36 heavy (non-hydrogen) atoms. The molecule has 0 aromatic carbocycles. The van der Waals surface area contributed by atoms with E-state index >= 15 is 0 Å². The monoisotopic (exact) mass is 499 g/mol. The maximum Gasteiger partial charge on any atom is 0.305 e. The van der Waals surface area contributed by atoms with Crippen LogP contribution in [0.15, 0.2) is 47.8 Å². The Morgan fingerprint density at radius 2 is 1.81 bits per heavy atom. The van der Waals surface area contributed by atoms with Crippen molar-refractivity contribution in [3.8, 4) is 0 Å². The highest BCUT2D eigenvalue weighted by atomic mass is 16.5. The first-order chi connectivity index (χ1) is 16.9. The normalized spacial score (nSPS) is 20.9. The standard InChI is InChI=1S/C31H49NO4/c1-7-8-9-10-11-27(23-12-14-24(15-13-23)29(35)32-21-20-28(33)34)36-26-18-16-25(17-19-26)31(5,6)22-30(2,3)4/h12,14-16,18-19,23,25,27H,7-11,13,17,20-22H2,1-6H3,(H,32,35)(H,33,34). The van der Waals surface area contributed by atoms with Crippen LogP contribution in [0.4, 0.5) is 0 Å². The lowest BCUT2D eigenvalue weighted by Crippen LogP contribution is -2.30. The van der Waals surface area contributed by atoms with Crippen LogP contribution in [0, 0.1) is 22.7 Å². The summed E-state index contributed by atoms with van der Waals surface area (Å²) in [6, 6.07) is 0. The number of rotatable bonds is 14. The molecule has 2 aliphatic rings. The van der Waals surface area contributed by atoms with Gasteiger partial charge in [0.2, 0.25) is 0 Å². The van der Waals surface area contributed by atoms with E-state index in [1.807, 2.05) is 12.2 Å². The Balaban J connectivity index is 1.99. The van der Waals surface area contributed by atoms with Gasteiger partial charge in [-0.2, -0.15) is 0 Å². The number of unbranched alkanes of at least 4 members (excludes halogenated alkanes) is 3. The topological polar surface area (TPSA) is 75.6 Å². The van der Waals surface area contributed by atoms with Gasteiger partial charge in [-0.05, 0) is 61.0 Å². The molecule has 0 bridgehead atoms. The van der Waals surface area contributed by atoms with Crippen LogP contribution in [-0.2, 0) is 14.3 Å². The average Bonchev–Trinajstić information content (AvgIpc) is 2.79. The van der Waals surface area contributed by atoms with Crippen LogP contribution in [0.3, 0.4) is 0 Å². The summed E-state index contributed by atoms with van der Waals surface area (Å²) in [4.78, 5) is 23.0. The number of carboxylic acids is 1. The van der Waals surface area contributed by atoms with Crippen LogP contribution < -0.4 is 5.32 Å². The summed E-state index contributed by atoms with van der Waals surface area (Å²) in [6.07, 6.45) is 21.4. The fourth-order valence-electron chi connectivity index (χ4n) is 5.54. The lowest BCUT2D eigenvalue weighted by Gasteiger charge is -2.39. The smallest absolute Gasteiger partial charge is 0.305 e. The number of aliphatic carboxylic acids is 1. The Morgan fingerprint density at radius 3 is 2.36 bits per heavy atom. The SMILES string of the molecule is CCCCCCC(OC1=CCC(C(C)(C)CC(C)(C)C)C=C1)C1C=CC(C(=O)NCCC(=O)O)=CC1. The summed E-state index contributed by atoms with van der Waals surface area (Å²) in [5, 5.41) is 11.5. The van der Waals surface area contributed by atoms with E-state index in [1.54, 1.807) is 0 Å². The zero-order valence-corrected chi connectivity index (χ0v) is 23.4. The van der Waals surface area contributed by atoms with Crippen LogP contribution in [0.2, 0.25) is 0 Å². The number of nitrogens with one attached hydrogen (secondary N) is 1. The minimum Gasteiger partial charge on any atom is -0.490 e. The molecular formula is C31H49NO4. The average molecular weight is 500 g/mol. The highest BCUT2D eigenvalue weighted by molar-refractivity contribution is 5.96. The van der Waals surface area contributed by atoms with E-state index < -0.39 is 5.97 Å². The van der Waals surface area contributed by atoms with Crippen LogP contribution in [0.5, 0.6) is 0 Å². The number of carbonyl (C=O) groups excluding carboxylic acids is 1. The van der Waals surface area contributed by atoms with E-state index in [4.69, 9.17) is 9.84 Å². The van der Waals surface area contributed by atoms with Crippen LogP contribution in [-0.4, -0.2) is 29.6 Å². The summed E-state index contributed by atoms with van der Waals surface area (Å²) in [5.74, 6) is 0.557. The Kier molecular flexibility index (Phi) is 11.5. The van der Waals surface area contributed by atoms with Gasteiger partial charge < -0.3 is 15.2 Å². The minimum absolute atomic E-state index is 0.0704. The Labute approximate surface area is 219 Å². The van der Waals surface area contributed by atoms with Gasteiger partial charge in [-0.1, -0.05) is 85.1 Å². The predicted octanol–water partition coefficient (Wildman–Crippen LogP) is 7.36. The highest BCUT2D eigenvalue weighted by Gasteiger charge is 2.33. The molecule has 0 heterocycles.